The Morgan fingerprint density at radius 3 is 2.89 bits per heavy atom. The van der Waals surface area contributed by atoms with Gasteiger partial charge in [0.25, 0.3) is 0 Å². The average Bonchev–Trinajstić information content (AvgIpc) is 2.35. The molecule has 3 N–H and O–H groups in total. The van der Waals surface area contributed by atoms with Crippen LogP contribution >= 0.6 is 27.7 Å². The number of anilines is 2. The molecule has 1 amide bonds. The number of hydrogen-bond donors (Lipinski definition) is 2. The molecule has 0 saturated carbocycles. The van der Waals surface area contributed by atoms with E-state index in [0.717, 1.165) is 23.0 Å². The number of benzene rings is 1. The van der Waals surface area contributed by atoms with Crippen molar-refractivity contribution in [3.05, 3.63) is 22.7 Å². The first kappa shape index (κ1) is 13.7. The summed E-state index contributed by atoms with van der Waals surface area (Å²) in [6, 6.07) is 5.43. The molecule has 3 nitrogen and oxygen atoms in total. The van der Waals surface area contributed by atoms with Gasteiger partial charge in [-0.1, -0.05) is 0 Å². The maximum absolute atomic E-state index is 12.0. The van der Waals surface area contributed by atoms with Crippen LogP contribution in [0.4, 0.5) is 11.4 Å². The minimum absolute atomic E-state index is 0.0817. The van der Waals surface area contributed by atoms with Crippen LogP contribution in [0, 0.1) is 5.92 Å². The SMILES string of the molecule is Nc1ccc(Br)c(NC(=O)CC2CCSCC2)c1. The molecule has 0 atom stereocenters. The summed E-state index contributed by atoms with van der Waals surface area (Å²) < 4.78 is 0.865. The zero-order valence-electron chi connectivity index (χ0n) is 10.1. The lowest BCUT2D eigenvalue weighted by molar-refractivity contribution is -0.117. The van der Waals surface area contributed by atoms with Crippen LogP contribution in [0.25, 0.3) is 0 Å². The Morgan fingerprint density at radius 2 is 2.17 bits per heavy atom. The lowest BCUT2D eigenvalue weighted by Crippen LogP contribution is -2.19. The number of amides is 1. The molecule has 1 aliphatic rings. The molecule has 0 unspecified atom stereocenters. The van der Waals surface area contributed by atoms with Crippen molar-refractivity contribution >= 4 is 45.0 Å². The Kier molecular flexibility index (Phi) is 4.95. The van der Waals surface area contributed by atoms with E-state index in [0.29, 0.717) is 18.0 Å². The first-order valence-corrected chi connectivity index (χ1v) is 8.02. The van der Waals surface area contributed by atoms with Crippen molar-refractivity contribution in [2.45, 2.75) is 19.3 Å². The van der Waals surface area contributed by atoms with Gasteiger partial charge in [-0.2, -0.15) is 11.8 Å². The molecule has 18 heavy (non-hydrogen) atoms. The van der Waals surface area contributed by atoms with Crippen molar-refractivity contribution in [3.8, 4) is 0 Å². The van der Waals surface area contributed by atoms with Crippen LogP contribution in [0.5, 0.6) is 0 Å². The smallest absolute Gasteiger partial charge is 0.224 e. The van der Waals surface area contributed by atoms with Gasteiger partial charge in [-0.25, -0.2) is 0 Å². The number of thioether (sulfide) groups is 1. The van der Waals surface area contributed by atoms with Crippen molar-refractivity contribution in [1.82, 2.24) is 0 Å². The second kappa shape index (κ2) is 6.48. The zero-order chi connectivity index (χ0) is 13.0. The molecule has 1 aromatic carbocycles. The van der Waals surface area contributed by atoms with Gasteiger partial charge in [-0.3, -0.25) is 4.79 Å². The summed E-state index contributed by atoms with van der Waals surface area (Å²) in [6.45, 7) is 0. The highest BCUT2D eigenvalue weighted by Gasteiger charge is 2.17. The van der Waals surface area contributed by atoms with Gasteiger partial charge in [0.2, 0.25) is 5.91 Å². The van der Waals surface area contributed by atoms with E-state index in [1.54, 1.807) is 12.1 Å². The number of rotatable bonds is 3. The molecule has 1 heterocycles. The van der Waals surface area contributed by atoms with Gasteiger partial charge in [0.15, 0.2) is 0 Å². The number of halogens is 1. The van der Waals surface area contributed by atoms with Crippen LogP contribution in [0.3, 0.4) is 0 Å². The fraction of sp³-hybridized carbons (Fsp3) is 0.462. The Hall–Kier alpha value is -0.680. The Bertz CT molecular complexity index is 433. The number of nitrogens with one attached hydrogen (secondary N) is 1. The van der Waals surface area contributed by atoms with Crippen LogP contribution in [0.1, 0.15) is 19.3 Å². The zero-order valence-corrected chi connectivity index (χ0v) is 12.5. The van der Waals surface area contributed by atoms with E-state index in [1.807, 2.05) is 17.8 Å². The molecular formula is C13H17BrN2OS. The van der Waals surface area contributed by atoms with E-state index in [9.17, 15) is 4.79 Å². The monoisotopic (exact) mass is 328 g/mol. The van der Waals surface area contributed by atoms with E-state index in [1.165, 1.54) is 11.5 Å². The van der Waals surface area contributed by atoms with E-state index in [-0.39, 0.29) is 5.91 Å². The van der Waals surface area contributed by atoms with Crippen LogP contribution in [-0.4, -0.2) is 17.4 Å². The number of carbonyl (C=O) groups excluding carboxylic acids is 1. The molecule has 0 aromatic heterocycles. The molecule has 0 bridgehead atoms. The highest BCUT2D eigenvalue weighted by atomic mass is 79.9. The Balaban J connectivity index is 1.92. The molecule has 1 aliphatic heterocycles. The average molecular weight is 329 g/mol. The predicted molar refractivity (Wildman–Crippen MR) is 81.9 cm³/mol. The van der Waals surface area contributed by atoms with Gasteiger partial charge < -0.3 is 11.1 Å². The van der Waals surface area contributed by atoms with E-state index < -0.39 is 0 Å². The van der Waals surface area contributed by atoms with Gasteiger partial charge in [0.05, 0.1) is 5.69 Å². The highest BCUT2D eigenvalue weighted by molar-refractivity contribution is 9.10. The maximum atomic E-state index is 12.0. The van der Waals surface area contributed by atoms with Crippen molar-refractivity contribution < 1.29 is 4.79 Å². The lowest BCUT2D eigenvalue weighted by atomic mass is 9.98. The summed E-state index contributed by atoms with van der Waals surface area (Å²) in [6.07, 6.45) is 2.91. The Labute approximate surface area is 120 Å². The van der Waals surface area contributed by atoms with Crippen molar-refractivity contribution in [1.29, 1.82) is 0 Å². The summed E-state index contributed by atoms with van der Waals surface area (Å²) in [5.41, 5.74) is 7.12. The number of nitrogens with two attached hydrogens (primary N) is 1. The van der Waals surface area contributed by atoms with Crippen LogP contribution in [-0.2, 0) is 4.79 Å². The molecule has 0 spiro atoms. The predicted octanol–water partition coefficient (Wildman–Crippen LogP) is 3.50. The van der Waals surface area contributed by atoms with Gasteiger partial charge in [-0.15, -0.1) is 0 Å². The summed E-state index contributed by atoms with van der Waals surface area (Å²) in [5.74, 6) is 2.98. The fourth-order valence-electron chi connectivity index (χ4n) is 2.05. The van der Waals surface area contributed by atoms with E-state index in [2.05, 4.69) is 21.2 Å². The van der Waals surface area contributed by atoms with E-state index >= 15 is 0 Å². The standard InChI is InChI=1S/C13H17BrN2OS/c14-11-2-1-10(15)8-12(11)16-13(17)7-9-3-5-18-6-4-9/h1-2,8-9H,3-7,15H2,(H,16,17). The molecule has 0 aliphatic carbocycles. The molecule has 2 rings (SSSR count). The second-order valence-corrected chi connectivity index (χ2v) is 6.63. The highest BCUT2D eigenvalue weighted by Crippen LogP contribution is 2.28. The molecule has 98 valence electrons. The normalized spacial score (nSPS) is 16.5. The first-order chi connectivity index (χ1) is 8.65. The van der Waals surface area contributed by atoms with Crippen LogP contribution < -0.4 is 11.1 Å². The van der Waals surface area contributed by atoms with Crippen molar-refractivity contribution in [2.24, 2.45) is 5.92 Å². The topological polar surface area (TPSA) is 55.1 Å². The first-order valence-electron chi connectivity index (χ1n) is 6.08. The van der Waals surface area contributed by atoms with Gasteiger partial charge >= 0.3 is 0 Å². The summed E-state index contributed by atoms with van der Waals surface area (Å²) in [5, 5.41) is 2.93. The second-order valence-electron chi connectivity index (χ2n) is 4.55. The fourth-order valence-corrected chi connectivity index (χ4v) is 3.60. The van der Waals surface area contributed by atoms with Crippen LogP contribution in [0.2, 0.25) is 0 Å². The molecular weight excluding hydrogens is 312 g/mol. The lowest BCUT2D eigenvalue weighted by Gasteiger charge is -2.20. The van der Waals surface area contributed by atoms with Gasteiger partial charge in [0.1, 0.15) is 0 Å². The van der Waals surface area contributed by atoms with Crippen LogP contribution in [0.15, 0.2) is 22.7 Å². The largest absolute Gasteiger partial charge is 0.399 e. The third-order valence-electron chi connectivity index (χ3n) is 3.08. The number of carbonyl (C=O) groups is 1. The molecule has 1 saturated heterocycles. The van der Waals surface area contributed by atoms with Crippen molar-refractivity contribution in [3.63, 3.8) is 0 Å². The van der Waals surface area contributed by atoms with Crippen molar-refractivity contribution in [2.75, 3.05) is 22.6 Å². The summed E-state index contributed by atoms with van der Waals surface area (Å²) >= 11 is 5.39. The number of hydrogen-bond acceptors (Lipinski definition) is 3. The quantitative estimate of drug-likeness (QED) is 0.835. The summed E-state index contributed by atoms with van der Waals surface area (Å²) in [7, 11) is 0. The third kappa shape index (κ3) is 3.92. The number of nitrogen functional groups attached to an aromatic ring is 1. The molecule has 1 aromatic rings. The molecule has 0 radical (unpaired) electrons. The minimum Gasteiger partial charge on any atom is -0.399 e. The third-order valence-corrected chi connectivity index (χ3v) is 4.82. The van der Waals surface area contributed by atoms with Gasteiger partial charge in [-0.05, 0) is 64.4 Å². The molecule has 1 fully saturated rings. The molecule has 5 heteroatoms. The Morgan fingerprint density at radius 1 is 1.44 bits per heavy atom. The van der Waals surface area contributed by atoms with E-state index in [4.69, 9.17) is 5.73 Å². The minimum atomic E-state index is 0.0817. The summed E-state index contributed by atoms with van der Waals surface area (Å²) in [4.78, 5) is 12.0. The van der Waals surface area contributed by atoms with Gasteiger partial charge in [0, 0.05) is 16.6 Å². The maximum Gasteiger partial charge on any atom is 0.224 e.